The zero-order chi connectivity index (χ0) is 19.0. The Morgan fingerprint density at radius 2 is 1.92 bits per heavy atom. The van der Waals surface area contributed by atoms with E-state index >= 15 is 0 Å². The van der Waals surface area contributed by atoms with E-state index in [1.807, 2.05) is 0 Å². The van der Waals surface area contributed by atoms with Crippen LogP contribution in [-0.2, 0) is 14.6 Å². The number of hydrogen-bond acceptors (Lipinski definition) is 4. The van der Waals surface area contributed by atoms with Gasteiger partial charge in [0.05, 0.1) is 11.5 Å². The summed E-state index contributed by atoms with van der Waals surface area (Å²) in [5, 5.41) is -0.573. The Balaban J connectivity index is 2.28. The average molecular weight is 403 g/mol. The number of pyridine rings is 1. The summed E-state index contributed by atoms with van der Waals surface area (Å²) in [5.41, 5.74) is -0.561. The van der Waals surface area contributed by atoms with Crippen molar-refractivity contribution in [1.82, 2.24) is 9.88 Å². The molecule has 0 saturated carbocycles. The lowest BCUT2D eigenvalue weighted by atomic mass is 9.99. The van der Waals surface area contributed by atoms with Crippen molar-refractivity contribution in [3.63, 3.8) is 0 Å². The second-order valence-electron chi connectivity index (χ2n) is 5.86. The van der Waals surface area contributed by atoms with E-state index in [1.54, 1.807) is 0 Å². The van der Waals surface area contributed by atoms with Gasteiger partial charge in [-0.15, -0.1) is 0 Å². The largest absolute Gasteiger partial charge is 0.413 e. The molecule has 11 heteroatoms. The summed E-state index contributed by atoms with van der Waals surface area (Å²) < 4.78 is 76.7. The second-order valence-corrected chi connectivity index (χ2v) is 8.52. The average Bonchev–Trinajstić information content (AvgIpc) is 2.49. The Hall–Kier alpha value is -1.42. The van der Waals surface area contributed by atoms with Crippen molar-refractivity contribution in [2.24, 2.45) is 5.92 Å². The third-order valence-electron chi connectivity index (χ3n) is 4.08. The maximum absolute atomic E-state index is 13.5. The molecule has 5 nitrogen and oxygen atoms in total. The van der Waals surface area contributed by atoms with Gasteiger partial charge >= 0.3 is 6.18 Å². The van der Waals surface area contributed by atoms with Gasteiger partial charge in [-0.05, 0) is 18.9 Å². The molecule has 1 atom stereocenters. The van der Waals surface area contributed by atoms with Crippen LogP contribution in [0.15, 0.2) is 12.3 Å². The molecule has 0 aromatic carbocycles. The van der Waals surface area contributed by atoms with Crippen LogP contribution in [0.3, 0.4) is 0 Å². The fourth-order valence-corrected chi connectivity index (χ4v) is 4.36. The number of aromatic nitrogens is 1. The first-order valence-electron chi connectivity index (χ1n) is 7.27. The molecule has 0 spiro atoms. The van der Waals surface area contributed by atoms with Crippen molar-refractivity contribution < 1.29 is 30.8 Å². The summed E-state index contributed by atoms with van der Waals surface area (Å²) in [6.45, 7) is 0. The van der Waals surface area contributed by atoms with Crippen LogP contribution in [0, 0.1) is 11.7 Å². The first-order chi connectivity index (χ1) is 11.4. The Labute approximate surface area is 146 Å². The molecule has 1 aliphatic rings. The van der Waals surface area contributed by atoms with Crippen LogP contribution in [-0.4, -0.2) is 48.9 Å². The molecule has 1 amide bonds. The van der Waals surface area contributed by atoms with Crippen molar-refractivity contribution in [1.29, 1.82) is 0 Å². The van der Waals surface area contributed by atoms with Gasteiger partial charge in [-0.3, -0.25) is 4.79 Å². The molecule has 1 aromatic rings. The highest BCUT2D eigenvalue weighted by atomic mass is 35.5. The fraction of sp³-hybridized carbons (Fsp3) is 0.571. The molecule has 0 unspecified atom stereocenters. The molecule has 2 heterocycles. The molecular formula is C14H15ClF4N2O3S. The summed E-state index contributed by atoms with van der Waals surface area (Å²) in [7, 11) is -2.30. The van der Waals surface area contributed by atoms with E-state index in [0.717, 1.165) is 13.2 Å². The van der Waals surface area contributed by atoms with E-state index < -0.39 is 50.4 Å². The van der Waals surface area contributed by atoms with Crippen LogP contribution in [0.25, 0.3) is 0 Å². The predicted molar refractivity (Wildman–Crippen MR) is 82.1 cm³/mol. The van der Waals surface area contributed by atoms with Crippen molar-refractivity contribution >= 4 is 27.3 Å². The van der Waals surface area contributed by atoms with Crippen LogP contribution >= 0.6 is 11.6 Å². The molecule has 25 heavy (non-hydrogen) atoms. The van der Waals surface area contributed by atoms with E-state index in [1.165, 1.54) is 0 Å². The van der Waals surface area contributed by atoms with Gasteiger partial charge < -0.3 is 4.90 Å². The first-order valence-corrected chi connectivity index (χ1v) is 9.47. The van der Waals surface area contributed by atoms with Crippen LogP contribution in [0.2, 0.25) is 5.15 Å². The minimum absolute atomic E-state index is 0.0384. The highest BCUT2D eigenvalue weighted by Crippen LogP contribution is 2.38. The molecule has 0 aliphatic carbocycles. The maximum atomic E-state index is 13.5. The van der Waals surface area contributed by atoms with E-state index in [-0.39, 0.29) is 24.3 Å². The third kappa shape index (κ3) is 4.60. The normalized spacial score (nSPS) is 19.4. The van der Waals surface area contributed by atoms with Crippen molar-refractivity contribution in [2.75, 3.05) is 18.6 Å². The van der Waals surface area contributed by atoms with Gasteiger partial charge in [0.25, 0.3) is 0 Å². The molecular weight excluding hydrogens is 388 g/mol. The smallest absolute Gasteiger partial charge is 0.330 e. The summed E-state index contributed by atoms with van der Waals surface area (Å²) in [4.78, 5) is 16.2. The van der Waals surface area contributed by atoms with Crippen molar-refractivity contribution in [3.05, 3.63) is 28.8 Å². The summed E-state index contributed by atoms with van der Waals surface area (Å²) in [6, 6.07) is -1.82. The van der Waals surface area contributed by atoms with Gasteiger partial charge in [-0.2, -0.15) is 13.2 Å². The number of sulfone groups is 1. The standard InChI is InChI=1S/C14H15ClF4N2O3S/c1-21(13(22)8-2-4-25(23,24)5-3-8)11(14(17,18)19)9-6-10(16)12(15)20-7-9/h6-8,11H,2-5H2,1H3/t11-/m0/s1. The molecule has 1 fully saturated rings. The number of rotatable bonds is 3. The van der Waals surface area contributed by atoms with Gasteiger partial charge in [-0.1, -0.05) is 11.6 Å². The Morgan fingerprint density at radius 3 is 2.40 bits per heavy atom. The molecule has 140 valence electrons. The quantitative estimate of drug-likeness (QED) is 0.576. The van der Waals surface area contributed by atoms with E-state index in [9.17, 15) is 30.8 Å². The molecule has 1 aliphatic heterocycles. The molecule has 0 bridgehead atoms. The lowest BCUT2D eigenvalue weighted by Crippen LogP contribution is -2.44. The van der Waals surface area contributed by atoms with Gasteiger partial charge in [0.15, 0.2) is 17.0 Å². The Morgan fingerprint density at radius 1 is 1.36 bits per heavy atom. The topological polar surface area (TPSA) is 67.3 Å². The maximum Gasteiger partial charge on any atom is 0.413 e. The highest BCUT2D eigenvalue weighted by molar-refractivity contribution is 7.91. The SMILES string of the molecule is CN(C(=O)C1CCS(=O)(=O)CC1)[C@@H](c1cnc(Cl)c(F)c1)C(F)(F)F. The highest BCUT2D eigenvalue weighted by Gasteiger charge is 2.47. The van der Waals surface area contributed by atoms with Gasteiger partial charge in [-0.25, -0.2) is 17.8 Å². The molecule has 1 aromatic heterocycles. The lowest BCUT2D eigenvalue weighted by molar-refractivity contribution is -0.190. The van der Waals surface area contributed by atoms with Crippen LogP contribution in [0.1, 0.15) is 24.4 Å². The molecule has 2 rings (SSSR count). The van der Waals surface area contributed by atoms with E-state index in [2.05, 4.69) is 4.98 Å². The van der Waals surface area contributed by atoms with Crippen LogP contribution < -0.4 is 0 Å². The third-order valence-corrected chi connectivity index (χ3v) is 6.08. The zero-order valence-corrected chi connectivity index (χ0v) is 14.6. The number of nitrogens with zero attached hydrogens (tertiary/aromatic N) is 2. The predicted octanol–water partition coefficient (Wildman–Crippen LogP) is 2.76. The summed E-state index contributed by atoms with van der Waals surface area (Å²) in [5.74, 6) is -3.29. The number of carbonyl (C=O) groups excluding carboxylic acids is 1. The number of alkyl halides is 3. The minimum Gasteiger partial charge on any atom is -0.330 e. The van der Waals surface area contributed by atoms with E-state index in [4.69, 9.17) is 11.6 Å². The molecule has 0 radical (unpaired) electrons. The first kappa shape index (κ1) is 19.9. The van der Waals surface area contributed by atoms with Crippen LogP contribution in [0.4, 0.5) is 17.6 Å². The summed E-state index contributed by atoms with van der Waals surface area (Å²) in [6.07, 6.45) is -4.18. The number of amides is 1. The Kier molecular flexibility index (Phi) is 5.62. The Bertz CT molecular complexity index is 756. The summed E-state index contributed by atoms with van der Waals surface area (Å²) >= 11 is 5.39. The lowest BCUT2D eigenvalue weighted by Gasteiger charge is -2.33. The number of carbonyl (C=O) groups is 1. The van der Waals surface area contributed by atoms with Gasteiger partial charge in [0, 0.05) is 24.7 Å². The van der Waals surface area contributed by atoms with Crippen molar-refractivity contribution in [2.45, 2.75) is 25.1 Å². The molecule has 0 N–H and O–H groups in total. The number of halogens is 5. The molecule has 1 saturated heterocycles. The van der Waals surface area contributed by atoms with Gasteiger partial charge in [0.1, 0.15) is 9.84 Å². The monoisotopic (exact) mass is 402 g/mol. The second kappa shape index (κ2) is 7.06. The minimum atomic E-state index is -4.87. The zero-order valence-electron chi connectivity index (χ0n) is 13.1. The fourth-order valence-electron chi connectivity index (χ4n) is 2.77. The van der Waals surface area contributed by atoms with E-state index in [0.29, 0.717) is 11.0 Å². The van der Waals surface area contributed by atoms with Crippen LogP contribution in [0.5, 0.6) is 0 Å². The van der Waals surface area contributed by atoms with Crippen molar-refractivity contribution in [3.8, 4) is 0 Å². The number of hydrogen-bond donors (Lipinski definition) is 0. The van der Waals surface area contributed by atoms with Gasteiger partial charge in [0.2, 0.25) is 5.91 Å².